The zero-order valence-corrected chi connectivity index (χ0v) is 13.0. The number of rotatable bonds is 1. The number of benzene rings is 1. The molecule has 2 aliphatic rings. The number of fused-ring (bicyclic) bond motifs is 1. The Morgan fingerprint density at radius 3 is 2.86 bits per heavy atom. The van der Waals surface area contributed by atoms with Crippen LogP contribution in [0, 0.1) is 0 Å². The van der Waals surface area contributed by atoms with E-state index >= 15 is 0 Å². The number of hydrogen-bond acceptors (Lipinski definition) is 2. The fraction of sp³-hybridized carbons (Fsp3) is 0.467. The summed E-state index contributed by atoms with van der Waals surface area (Å²) in [6, 6.07) is 3.30. The van der Waals surface area contributed by atoms with E-state index in [0.29, 0.717) is 36.0 Å². The molecular formula is C15H16Cl2N2O2. The highest BCUT2D eigenvalue weighted by Crippen LogP contribution is 2.32. The van der Waals surface area contributed by atoms with Crippen LogP contribution in [0.5, 0.6) is 0 Å². The Hall–Kier alpha value is -1.26. The van der Waals surface area contributed by atoms with E-state index in [4.69, 9.17) is 23.2 Å². The van der Waals surface area contributed by atoms with Crippen molar-refractivity contribution in [3.63, 3.8) is 0 Å². The Kier molecular flexibility index (Phi) is 4.09. The monoisotopic (exact) mass is 326 g/mol. The van der Waals surface area contributed by atoms with Gasteiger partial charge in [0.15, 0.2) is 0 Å². The Labute approximate surface area is 133 Å². The second kappa shape index (κ2) is 5.85. The number of nitrogens with one attached hydrogen (secondary N) is 1. The average molecular weight is 327 g/mol. The molecule has 0 aliphatic carbocycles. The Balaban J connectivity index is 1.75. The molecule has 4 nitrogen and oxygen atoms in total. The molecule has 0 bridgehead atoms. The quantitative estimate of drug-likeness (QED) is 0.862. The summed E-state index contributed by atoms with van der Waals surface area (Å²) in [4.78, 5) is 25.7. The lowest BCUT2D eigenvalue weighted by Crippen LogP contribution is -2.51. The second-order valence-electron chi connectivity index (χ2n) is 5.52. The molecule has 0 saturated carbocycles. The Morgan fingerprint density at radius 1 is 1.29 bits per heavy atom. The van der Waals surface area contributed by atoms with Gasteiger partial charge in [0.25, 0.3) is 0 Å². The van der Waals surface area contributed by atoms with Gasteiger partial charge in [-0.15, -0.1) is 0 Å². The molecular weight excluding hydrogens is 311 g/mol. The minimum absolute atomic E-state index is 0.000211. The van der Waals surface area contributed by atoms with Gasteiger partial charge in [-0.2, -0.15) is 0 Å². The van der Waals surface area contributed by atoms with Crippen LogP contribution in [-0.2, 0) is 22.6 Å². The van der Waals surface area contributed by atoms with Crippen LogP contribution in [0.3, 0.4) is 0 Å². The zero-order valence-electron chi connectivity index (χ0n) is 11.5. The van der Waals surface area contributed by atoms with Gasteiger partial charge in [-0.25, -0.2) is 0 Å². The van der Waals surface area contributed by atoms with Crippen molar-refractivity contribution in [2.24, 2.45) is 0 Å². The normalized spacial score (nSPS) is 21.7. The second-order valence-corrected chi connectivity index (χ2v) is 6.31. The average Bonchev–Trinajstić information content (AvgIpc) is 2.50. The van der Waals surface area contributed by atoms with Gasteiger partial charge in [0.2, 0.25) is 11.8 Å². The summed E-state index contributed by atoms with van der Waals surface area (Å²) in [6.07, 6.45) is 2.70. The molecule has 1 aromatic carbocycles. The molecule has 0 spiro atoms. The summed E-state index contributed by atoms with van der Waals surface area (Å²) >= 11 is 12.2. The molecule has 112 valence electrons. The first-order valence-corrected chi connectivity index (χ1v) is 7.86. The minimum Gasteiger partial charge on any atom is -0.344 e. The summed E-state index contributed by atoms with van der Waals surface area (Å²) in [6.45, 7) is 1.13. The van der Waals surface area contributed by atoms with Crippen LogP contribution in [0.25, 0.3) is 0 Å². The third kappa shape index (κ3) is 2.87. The first kappa shape index (κ1) is 14.7. The predicted octanol–water partition coefficient (Wildman–Crippen LogP) is 2.55. The van der Waals surface area contributed by atoms with Crippen molar-refractivity contribution in [1.82, 2.24) is 10.2 Å². The molecule has 1 saturated heterocycles. The summed E-state index contributed by atoms with van der Waals surface area (Å²) in [5.41, 5.74) is 2.06. The van der Waals surface area contributed by atoms with Crippen molar-refractivity contribution in [2.45, 2.75) is 38.3 Å². The van der Waals surface area contributed by atoms with Crippen molar-refractivity contribution < 1.29 is 9.59 Å². The molecule has 0 radical (unpaired) electrons. The summed E-state index contributed by atoms with van der Waals surface area (Å²) in [5.74, 6) is -0.0355. The van der Waals surface area contributed by atoms with Gasteiger partial charge < -0.3 is 10.2 Å². The van der Waals surface area contributed by atoms with E-state index in [1.165, 1.54) is 0 Å². The van der Waals surface area contributed by atoms with Gasteiger partial charge in [-0.3, -0.25) is 9.59 Å². The van der Waals surface area contributed by atoms with Crippen molar-refractivity contribution in [2.75, 3.05) is 6.54 Å². The first-order valence-electron chi connectivity index (χ1n) is 7.10. The Bertz CT molecular complexity index is 604. The summed E-state index contributed by atoms with van der Waals surface area (Å²) < 4.78 is 0. The number of carbonyl (C=O) groups is 2. The fourth-order valence-corrected chi connectivity index (χ4v) is 3.44. The van der Waals surface area contributed by atoms with Gasteiger partial charge in [0.1, 0.15) is 6.04 Å². The van der Waals surface area contributed by atoms with Crippen LogP contribution in [0.4, 0.5) is 0 Å². The van der Waals surface area contributed by atoms with Crippen molar-refractivity contribution in [1.29, 1.82) is 0 Å². The van der Waals surface area contributed by atoms with Crippen molar-refractivity contribution >= 4 is 35.0 Å². The van der Waals surface area contributed by atoms with E-state index < -0.39 is 0 Å². The lowest BCUT2D eigenvalue weighted by molar-refractivity contribution is -0.138. The van der Waals surface area contributed by atoms with E-state index in [2.05, 4.69) is 5.32 Å². The van der Waals surface area contributed by atoms with Crippen LogP contribution in [0.1, 0.15) is 30.4 Å². The number of hydrogen-bond donors (Lipinski definition) is 1. The van der Waals surface area contributed by atoms with Crippen LogP contribution >= 0.6 is 23.2 Å². The highest BCUT2D eigenvalue weighted by Gasteiger charge is 2.31. The Morgan fingerprint density at radius 2 is 2.10 bits per heavy atom. The molecule has 1 N–H and O–H groups in total. The van der Waals surface area contributed by atoms with Gasteiger partial charge in [-0.1, -0.05) is 29.3 Å². The highest BCUT2D eigenvalue weighted by molar-refractivity contribution is 6.42. The molecule has 1 atom stereocenters. The standard InChI is InChI=1S/C15H16Cl2N2O2/c16-11-5-4-9-8-19(7-6-10(9)14(11)17)15(21)12-2-1-3-13(20)18-12/h4-5,12H,1-3,6-8H2,(H,18,20)/t12-/m1/s1. The molecule has 1 fully saturated rings. The topological polar surface area (TPSA) is 49.4 Å². The maximum absolute atomic E-state index is 12.5. The van der Waals surface area contributed by atoms with Crippen molar-refractivity contribution in [3.05, 3.63) is 33.3 Å². The number of carbonyl (C=O) groups excluding carboxylic acids is 2. The molecule has 2 heterocycles. The predicted molar refractivity (Wildman–Crippen MR) is 81.4 cm³/mol. The molecule has 0 unspecified atom stereocenters. The molecule has 6 heteroatoms. The van der Waals surface area contributed by atoms with E-state index in [-0.39, 0.29) is 17.9 Å². The van der Waals surface area contributed by atoms with Crippen molar-refractivity contribution in [3.8, 4) is 0 Å². The molecule has 2 aliphatic heterocycles. The van der Waals surface area contributed by atoms with Gasteiger partial charge in [-0.05, 0) is 36.5 Å². The number of piperidine rings is 1. The fourth-order valence-electron chi connectivity index (χ4n) is 2.98. The maximum atomic E-state index is 12.5. The maximum Gasteiger partial charge on any atom is 0.245 e. The molecule has 1 aromatic rings. The third-order valence-corrected chi connectivity index (χ3v) is 4.97. The summed E-state index contributed by atoms with van der Waals surface area (Å²) in [7, 11) is 0. The zero-order chi connectivity index (χ0) is 15.0. The smallest absolute Gasteiger partial charge is 0.245 e. The molecule has 0 aromatic heterocycles. The van der Waals surface area contributed by atoms with Gasteiger partial charge in [0, 0.05) is 19.5 Å². The first-order chi connectivity index (χ1) is 10.1. The summed E-state index contributed by atoms with van der Waals surface area (Å²) in [5, 5.41) is 3.92. The van der Waals surface area contributed by atoms with Gasteiger partial charge >= 0.3 is 0 Å². The van der Waals surface area contributed by atoms with Crippen LogP contribution in [0.15, 0.2) is 12.1 Å². The number of nitrogens with zero attached hydrogens (tertiary/aromatic N) is 1. The SMILES string of the molecule is O=C1CCC[C@H](C(=O)N2CCc3c(ccc(Cl)c3Cl)C2)N1. The largest absolute Gasteiger partial charge is 0.344 e. The van der Waals surface area contributed by atoms with E-state index in [1.54, 1.807) is 11.0 Å². The third-order valence-electron chi connectivity index (χ3n) is 4.13. The highest BCUT2D eigenvalue weighted by atomic mass is 35.5. The van der Waals surface area contributed by atoms with Crippen LogP contribution in [0.2, 0.25) is 10.0 Å². The van der Waals surface area contributed by atoms with Gasteiger partial charge in [0.05, 0.1) is 10.0 Å². The molecule has 21 heavy (non-hydrogen) atoms. The van der Waals surface area contributed by atoms with Crippen LogP contribution < -0.4 is 5.32 Å². The van der Waals surface area contributed by atoms with Crippen LogP contribution in [-0.4, -0.2) is 29.3 Å². The van der Waals surface area contributed by atoms with E-state index in [9.17, 15) is 9.59 Å². The minimum atomic E-state index is -0.379. The molecule has 2 amide bonds. The van der Waals surface area contributed by atoms with E-state index in [1.807, 2.05) is 6.07 Å². The van der Waals surface area contributed by atoms with E-state index in [0.717, 1.165) is 24.0 Å². The lowest BCUT2D eigenvalue weighted by atomic mass is 9.97. The number of amides is 2. The molecule has 3 rings (SSSR count). The lowest BCUT2D eigenvalue weighted by Gasteiger charge is -2.33. The number of halogens is 2.